The molecule has 1 N–H and O–H groups in total. The summed E-state index contributed by atoms with van der Waals surface area (Å²) in [5.74, 6) is -0.321. The average Bonchev–Trinajstić information content (AvgIpc) is 2.97. The number of fused-ring (bicyclic) bond motifs is 1. The highest BCUT2D eigenvalue weighted by Gasteiger charge is 2.50. The van der Waals surface area contributed by atoms with Gasteiger partial charge < -0.3 is 14.7 Å². The summed E-state index contributed by atoms with van der Waals surface area (Å²) in [5.41, 5.74) is 0.345. The molecule has 3 aromatic rings. The summed E-state index contributed by atoms with van der Waals surface area (Å²) in [5, 5.41) is 12.0. The van der Waals surface area contributed by atoms with Crippen LogP contribution in [0.1, 0.15) is 27.9 Å². The molecule has 152 valence electrons. The van der Waals surface area contributed by atoms with Crippen molar-refractivity contribution in [2.24, 2.45) is 0 Å². The molecule has 0 aromatic heterocycles. The van der Waals surface area contributed by atoms with Crippen LogP contribution < -0.4 is 9.64 Å². The predicted octanol–water partition coefficient (Wildman–Crippen LogP) is 4.36. The molecule has 0 saturated carbocycles. The number of halogens is 1. The lowest BCUT2D eigenvalue weighted by Crippen LogP contribution is -2.41. The largest absolute Gasteiger partial charge is 0.497 e. The van der Waals surface area contributed by atoms with E-state index in [1.165, 1.54) is 12.0 Å². The van der Waals surface area contributed by atoms with Crippen LogP contribution in [0.25, 0.3) is 0 Å². The van der Waals surface area contributed by atoms with Gasteiger partial charge >= 0.3 is 0 Å². The molecule has 5 nitrogen and oxygen atoms in total. The monoisotopic (exact) mass is 421 g/mol. The smallest absolute Gasteiger partial charge is 0.264 e. The Labute approximate surface area is 179 Å². The molecule has 0 bridgehead atoms. The van der Waals surface area contributed by atoms with Crippen LogP contribution in [0.3, 0.4) is 0 Å². The van der Waals surface area contributed by atoms with Crippen LogP contribution >= 0.6 is 11.6 Å². The van der Waals surface area contributed by atoms with Crippen molar-refractivity contribution in [3.05, 3.63) is 94.5 Å². The normalized spacial score (nSPS) is 17.7. The Balaban J connectivity index is 1.66. The fourth-order valence-corrected chi connectivity index (χ4v) is 3.86. The number of para-hydroxylation sites is 1. The van der Waals surface area contributed by atoms with Gasteiger partial charge in [-0.2, -0.15) is 0 Å². The lowest BCUT2D eigenvalue weighted by molar-refractivity contribution is -0.136. The van der Waals surface area contributed by atoms with Gasteiger partial charge in [0.15, 0.2) is 11.4 Å². The van der Waals surface area contributed by atoms with Crippen molar-refractivity contribution in [1.82, 2.24) is 0 Å². The number of amides is 1. The van der Waals surface area contributed by atoms with Crippen molar-refractivity contribution in [2.45, 2.75) is 18.6 Å². The molecule has 4 rings (SSSR count). The molecule has 0 radical (unpaired) electrons. The number of benzene rings is 3. The number of Topliss-reactive ketones (excluding diaryl/α,β-unsaturated/α-hetero) is 1. The summed E-state index contributed by atoms with van der Waals surface area (Å²) in [6.45, 7) is 0.267. The van der Waals surface area contributed by atoms with Crippen LogP contribution in [0.4, 0.5) is 5.69 Å². The van der Waals surface area contributed by atoms with Crippen molar-refractivity contribution >= 4 is 29.0 Å². The molecule has 0 unspecified atom stereocenters. The van der Waals surface area contributed by atoms with Crippen molar-refractivity contribution in [3.63, 3.8) is 0 Å². The number of methoxy groups -OCH3 is 1. The van der Waals surface area contributed by atoms with Crippen molar-refractivity contribution in [3.8, 4) is 5.75 Å². The average molecular weight is 422 g/mol. The predicted molar refractivity (Wildman–Crippen MR) is 115 cm³/mol. The Morgan fingerprint density at radius 2 is 1.80 bits per heavy atom. The molecule has 0 fully saturated rings. The van der Waals surface area contributed by atoms with E-state index in [2.05, 4.69) is 0 Å². The molecule has 6 heteroatoms. The lowest BCUT2D eigenvalue weighted by Gasteiger charge is -2.23. The first kappa shape index (κ1) is 20.1. The second kappa shape index (κ2) is 7.94. The lowest BCUT2D eigenvalue weighted by atomic mass is 9.88. The standard InChI is InChI=1S/C24H20ClNO4/c1-30-19-6-4-5-17(13-19)22(27)14-24(29)20-7-2-3-8-21(20)26(23(24)28)15-16-9-11-18(25)12-10-16/h2-13,29H,14-15H2,1H3/t24-/m0/s1. The zero-order valence-corrected chi connectivity index (χ0v) is 17.1. The fraction of sp³-hybridized carbons (Fsp3) is 0.167. The van der Waals surface area contributed by atoms with Gasteiger partial charge in [-0.3, -0.25) is 9.59 Å². The Bertz CT molecular complexity index is 1110. The maximum atomic E-state index is 13.3. The molecule has 1 atom stereocenters. The third kappa shape index (κ3) is 3.58. The van der Waals surface area contributed by atoms with Gasteiger partial charge in [-0.25, -0.2) is 0 Å². The summed E-state index contributed by atoms with van der Waals surface area (Å²) in [4.78, 5) is 27.8. The molecular formula is C24H20ClNO4. The Morgan fingerprint density at radius 3 is 2.53 bits per heavy atom. The van der Waals surface area contributed by atoms with E-state index in [1.807, 2.05) is 12.1 Å². The number of aliphatic hydroxyl groups is 1. The number of hydrogen-bond donors (Lipinski definition) is 1. The van der Waals surface area contributed by atoms with Gasteiger partial charge in [0.2, 0.25) is 0 Å². The van der Waals surface area contributed by atoms with E-state index in [4.69, 9.17) is 16.3 Å². The van der Waals surface area contributed by atoms with Gasteiger partial charge in [0.25, 0.3) is 5.91 Å². The van der Waals surface area contributed by atoms with Gasteiger partial charge in [0, 0.05) is 16.1 Å². The van der Waals surface area contributed by atoms with Gasteiger partial charge in [0.05, 0.1) is 25.8 Å². The van der Waals surface area contributed by atoms with Crippen LogP contribution in [-0.2, 0) is 16.9 Å². The number of rotatable bonds is 6. The van der Waals surface area contributed by atoms with Crippen LogP contribution in [-0.4, -0.2) is 23.9 Å². The van der Waals surface area contributed by atoms with E-state index in [1.54, 1.807) is 60.7 Å². The Kier molecular flexibility index (Phi) is 5.33. The first-order chi connectivity index (χ1) is 14.4. The third-order valence-electron chi connectivity index (χ3n) is 5.30. The highest BCUT2D eigenvalue weighted by molar-refractivity contribution is 6.30. The highest BCUT2D eigenvalue weighted by Crippen LogP contribution is 2.43. The number of carbonyl (C=O) groups is 2. The SMILES string of the molecule is COc1cccc(C(=O)C[C@@]2(O)C(=O)N(Cc3ccc(Cl)cc3)c3ccccc32)c1. The number of ether oxygens (including phenoxy) is 1. The topological polar surface area (TPSA) is 66.8 Å². The molecule has 0 spiro atoms. The maximum Gasteiger partial charge on any atom is 0.264 e. The zero-order chi connectivity index (χ0) is 21.3. The minimum absolute atomic E-state index is 0.267. The third-order valence-corrected chi connectivity index (χ3v) is 5.55. The van der Waals surface area contributed by atoms with E-state index in [0.29, 0.717) is 27.6 Å². The van der Waals surface area contributed by atoms with E-state index in [9.17, 15) is 14.7 Å². The number of hydrogen-bond acceptors (Lipinski definition) is 4. The van der Waals surface area contributed by atoms with Crippen molar-refractivity contribution in [1.29, 1.82) is 0 Å². The van der Waals surface area contributed by atoms with Crippen molar-refractivity contribution < 1.29 is 19.4 Å². The number of ketones is 1. The summed E-state index contributed by atoms with van der Waals surface area (Å²) in [6.07, 6.45) is -0.354. The molecule has 0 aliphatic carbocycles. The van der Waals surface area contributed by atoms with Crippen molar-refractivity contribution in [2.75, 3.05) is 12.0 Å². The first-order valence-electron chi connectivity index (χ1n) is 9.48. The summed E-state index contributed by atoms with van der Waals surface area (Å²) in [6, 6.07) is 20.9. The van der Waals surface area contributed by atoms with Crippen LogP contribution in [0, 0.1) is 0 Å². The zero-order valence-electron chi connectivity index (χ0n) is 16.3. The minimum atomic E-state index is -1.93. The highest BCUT2D eigenvalue weighted by atomic mass is 35.5. The van der Waals surface area contributed by atoms with Crippen LogP contribution in [0.5, 0.6) is 5.75 Å². The molecule has 30 heavy (non-hydrogen) atoms. The van der Waals surface area contributed by atoms with Gasteiger partial charge in [-0.05, 0) is 35.9 Å². The van der Waals surface area contributed by atoms with Crippen LogP contribution in [0.2, 0.25) is 5.02 Å². The molecule has 1 aliphatic rings. The molecule has 1 amide bonds. The molecule has 1 heterocycles. The molecule has 1 aliphatic heterocycles. The maximum absolute atomic E-state index is 13.3. The van der Waals surface area contributed by atoms with Gasteiger partial charge in [-0.1, -0.05) is 54.1 Å². The molecular weight excluding hydrogens is 402 g/mol. The van der Waals surface area contributed by atoms with Gasteiger partial charge in [-0.15, -0.1) is 0 Å². The summed E-state index contributed by atoms with van der Waals surface area (Å²) < 4.78 is 5.17. The Hall–Kier alpha value is -3.15. The van der Waals surface area contributed by atoms with Crippen LogP contribution in [0.15, 0.2) is 72.8 Å². The molecule has 3 aromatic carbocycles. The van der Waals surface area contributed by atoms with E-state index in [-0.39, 0.29) is 18.7 Å². The summed E-state index contributed by atoms with van der Waals surface area (Å²) in [7, 11) is 1.52. The van der Waals surface area contributed by atoms with E-state index < -0.39 is 11.5 Å². The first-order valence-corrected chi connectivity index (χ1v) is 9.86. The molecule has 0 saturated heterocycles. The number of carbonyl (C=O) groups excluding carboxylic acids is 2. The van der Waals surface area contributed by atoms with E-state index in [0.717, 1.165) is 5.56 Å². The van der Waals surface area contributed by atoms with Gasteiger partial charge in [0.1, 0.15) is 5.75 Å². The summed E-state index contributed by atoms with van der Waals surface area (Å²) >= 11 is 5.95. The second-order valence-electron chi connectivity index (χ2n) is 7.23. The quantitative estimate of drug-likeness (QED) is 0.601. The minimum Gasteiger partial charge on any atom is -0.497 e. The number of anilines is 1. The number of nitrogens with zero attached hydrogens (tertiary/aromatic N) is 1. The fourth-order valence-electron chi connectivity index (χ4n) is 3.74. The second-order valence-corrected chi connectivity index (χ2v) is 7.66. The van der Waals surface area contributed by atoms with E-state index >= 15 is 0 Å². The Morgan fingerprint density at radius 1 is 1.07 bits per heavy atom.